The molecule has 0 amide bonds. The number of benzene rings is 2. The molecule has 2 aromatic carbocycles. The first-order valence-corrected chi connectivity index (χ1v) is 9.14. The van der Waals surface area contributed by atoms with E-state index in [2.05, 4.69) is 15.9 Å². The Morgan fingerprint density at radius 2 is 1.83 bits per heavy atom. The largest absolute Gasteiger partial charge is 0.497 e. The van der Waals surface area contributed by atoms with Gasteiger partial charge < -0.3 is 9.47 Å². The summed E-state index contributed by atoms with van der Waals surface area (Å²) >= 11 is 11.1. The summed E-state index contributed by atoms with van der Waals surface area (Å²) in [7, 11) is 1.59. The van der Waals surface area contributed by atoms with Crippen molar-refractivity contribution in [1.29, 1.82) is 0 Å². The van der Waals surface area contributed by atoms with Crippen molar-refractivity contribution in [2.75, 3.05) is 7.11 Å². The first-order valence-electron chi connectivity index (χ1n) is 7.15. The van der Waals surface area contributed by atoms with Gasteiger partial charge in [-0.3, -0.25) is 0 Å². The fourth-order valence-electron chi connectivity index (χ4n) is 2.50. The second kappa shape index (κ2) is 6.75. The van der Waals surface area contributed by atoms with Gasteiger partial charge in [-0.25, -0.2) is 4.79 Å². The van der Waals surface area contributed by atoms with E-state index < -0.39 is 5.97 Å². The fourth-order valence-corrected chi connectivity index (χ4v) is 4.55. The van der Waals surface area contributed by atoms with Crippen molar-refractivity contribution < 1.29 is 14.3 Å². The Labute approximate surface area is 157 Å². The average Bonchev–Trinajstić information content (AvgIpc) is 2.87. The molecule has 0 spiro atoms. The molecule has 0 aliphatic rings. The van der Waals surface area contributed by atoms with Crippen molar-refractivity contribution in [3.63, 3.8) is 0 Å². The van der Waals surface area contributed by atoms with Crippen LogP contribution in [-0.4, -0.2) is 13.1 Å². The van der Waals surface area contributed by atoms with Crippen LogP contribution in [0.5, 0.6) is 11.5 Å². The van der Waals surface area contributed by atoms with Crippen molar-refractivity contribution >= 4 is 54.9 Å². The van der Waals surface area contributed by atoms with E-state index in [4.69, 9.17) is 21.1 Å². The van der Waals surface area contributed by atoms with Crippen LogP contribution < -0.4 is 9.47 Å². The smallest absolute Gasteiger partial charge is 0.355 e. The number of esters is 1. The molecule has 0 aliphatic carbocycles. The van der Waals surface area contributed by atoms with Crippen molar-refractivity contribution in [3.8, 4) is 11.5 Å². The minimum atomic E-state index is -0.450. The highest BCUT2D eigenvalue weighted by Gasteiger charge is 2.21. The van der Waals surface area contributed by atoms with E-state index in [0.29, 0.717) is 21.4 Å². The van der Waals surface area contributed by atoms with E-state index in [1.807, 2.05) is 44.2 Å². The highest BCUT2D eigenvalue weighted by atomic mass is 79.9. The van der Waals surface area contributed by atoms with Crippen LogP contribution in [0.25, 0.3) is 10.1 Å². The van der Waals surface area contributed by atoms with Crippen molar-refractivity contribution in [2.45, 2.75) is 13.8 Å². The average molecular weight is 426 g/mol. The zero-order chi connectivity index (χ0) is 17.4. The van der Waals surface area contributed by atoms with Gasteiger partial charge >= 0.3 is 5.97 Å². The number of carbonyl (C=O) groups is 1. The van der Waals surface area contributed by atoms with Gasteiger partial charge in [0.05, 0.1) is 12.1 Å². The Bertz CT molecular complexity index is 926. The second-order valence-corrected chi connectivity index (χ2v) is 7.71. The number of fused-ring (bicyclic) bond motifs is 1. The molecule has 6 heteroatoms. The van der Waals surface area contributed by atoms with Crippen LogP contribution >= 0.6 is 38.9 Å². The van der Waals surface area contributed by atoms with Crippen LogP contribution in [0, 0.1) is 13.8 Å². The lowest BCUT2D eigenvalue weighted by Crippen LogP contribution is -2.09. The van der Waals surface area contributed by atoms with Crippen molar-refractivity contribution in [3.05, 3.63) is 55.8 Å². The first kappa shape index (κ1) is 17.3. The Morgan fingerprint density at radius 1 is 1.17 bits per heavy atom. The number of aryl methyl sites for hydroxylation is 2. The summed E-state index contributed by atoms with van der Waals surface area (Å²) in [5.41, 5.74) is 1.77. The quantitative estimate of drug-likeness (QED) is 0.372. The minimum absolute atomic E-state index is 0.390. The monoisotopic (exact) mass is 424 g/mol. The van der Waals surface area contributed by atoms with Gasteiger partial charge in [0.25, 0.3) is 0 Å². The third-order valence-corrected chi connectivity index (χ3v) is 5.75. The second-order valence-electron chi connectivity index (χ2n) is 5.37. The van der Waals surface area contributed by atoms with Gasteiger partial charge in [0.15, 0.2) is 0 Å². The first-order chi connectivity index (χ1) is 11.4. The van der Waals surface area contributed by atoms with Gasteiger partial charge in [-0.15, -0.1) is 11.3 Å². The number of hydrogen-bond acceptors (Lipinski definition) is 4. The van der Waals surface area contributed by atoms with Crippen LogP contribution in [0.15, 0.2) is 34.8 Å². The topological polar surface area (TPSA) is 35.5 Å². The maximum Gasteiger partial charge on any atom is 0.355 e. The maximum absolute atomic E-state index is 12.6. The normalized spacial score (nSPS) is 10.9. The van der Waals surface area contributed by atoms with Crippen LogP contribution in [-0.2, 0) is 0 Å². The molecule has 0 saturated carbocycles. The Balaban J connectivity index is 1.99. The van der Waals surface area contributed by atoms with Gasteiger partial charge in [-0.1, -0.05) is 27.5 Å². The summed E-state index contributed by atoms with van der Waals surface area (Å²) < 4.78 is 12.7. The SMILES string of the molecule is COc1ccc2sc(C(=O)Oc3c(C)cc(Br)cc3C)c(Cl)c2c1. The summed E-state index contributed by atoms with van der Waals surface area (Å²) in [6.45, 7) is 3.80. The van der Waals surface area contributed by atoms with E-state index in [-0.39, 0.29) is 0 Å². The predicted octanol–water partition coefficient (Wildman–Crippen LogP) is 6.16. The van der Waals surface area contributed by atoms with E-state index in [1.165, 1.54) is 11.3 Å². The molecular formula is C18H14BrClO3S. The summed E-state index contributed by atoms with van der Waals surface area (Å²) in [5, 5.41) is 1.18. The Kier molecular flexibility index (Phi) is 4.85. The fraction of sp³-hybridized carbons (Fsp3) is 0.167. The lowest BCUT2D eigenvalue weighted by Gasteiger charge is -2.10. The van der Waals surface area contributed by atoms with Gasteiger partial charge in [-0.2, -0.15) is 0 Å². The summed E-state index contributed by atoms with van der Waals surface area (Å²) in [5.74, 6) is 0.810. The van der Waals surface area contributed by atoms with E-state index in [0.717, 1.165) is 25.7 Å². The predicted molar refractivity (Wildman–Crippen MR) is 102 cm³/mol. The molecule has 3 rings (SSSR count). The van der Waals surface area contributed by atoms with Crippen LogP contribution in [0.3, 0.4) is 0 Å². The van der Waals surface area contributed by atoms with E-state index in [1.54, 1.807) is 7.11 Å². The number of halogens is 2. The molecule has 3 aromatic rings. The molecule has 0 N–H and O–H groups in total. The molecule has 0 atom stereocenters. The molecule has 24 heavy (non-hydrogen) atoms. The molecule has 0 bridgehead atoms. The third-order valence-electron chi connectivity index (χ3n) is 3.64. The Hall–Kier alpha value is -1.56. The van der Waals surface area contributed by atoms with Crippen LogP contribution in [0.2, 0.25) is 5.02 Å². The molecule has 0 unspecified atom stereocenters. The molecule has 124 valence electrons. The molecule has 0 radical (unpaired) electrons. The van der Waals surface area contributed by atoms with Crippen molar-refractivity contribution in [2.24, 2.45) is 0 Å². The molecule has 0 aliphatic heterocycles. The lowest BCUT2D eigenvalue weighted by molar-refractivity contribution is 0.0737. The molecule has 3 nitrogen and oxygen atoms in total. The van der Waals surface area contributed by atoms with Gasteiger partial charge in [0, 0.05) is 14.6 Å². The number of thiophene rings is 1. The van der Waals surface area contributed by atoms with Crippen LogP contribution in [0.4, 0.5) is 0 Å². The van der Waals surface area contributed by atoms with Gasteiger partial charge in [-0.05, 0) is 55.3 Å². The molecule has 1 aromatic heterocycles. The van der Waals surface area contributed by atoms with Crippen molar-refractivity contribution in [1.82, 2.24) is 0 Å². The zero-order valence-corrected chi connectivity index (χ0v) is 16.4. The van der Waals surface area contributed by atoms with Gasteiger partial charge in [0.1, 0.15) is 16.4 Å². The van der Waals surface area contributed by atoms with Crippen LogP contribution in [0.1, 0.15) is 20.8 Å². The maximum atomic E-state index is 12.6. The van der Waals surface area contributed by atoms with Gasteiger partial charge in [0.2, 0.25) is 0 Å². The van der Waals surface area contributed by atoms with E-state index in [9.17, 15) is 4.79 Å². The molecule has 0 fully saturated rings. The number of rotatable bonds is 3. The summed E-state index contributed by atoms with van der Waals surface area (Å²) in [6.07, 6.45) is 0. The molecule has 1 heterocycles. The molecular weight excluding hydrogens is 412 g/mol. The number of methoxy groups -OCH3 is 1. The Morgan fingerprint density at radius 3 is 2.46 bits per heavy atom. The lowest BCUT2D eigenvalue weighted by atomic mass is 10.1. The highest BCUT2D eigenvalue weighted by molar-refractivity contribution is 9.10. The standard InChI is InChI=1S/C18H14BrClO3S/c1-9-6-11(19)7-10(2)16(9)23-18(21)17-15(20)13-8-12(22-3)4-5-14(13)24-17/h4-8H,1-3H3. The zero-order valence-electron chi connectivity index (χ0n) is 13.3. The van der Waals surface area contributed by atoms with E-state index >= 15 is 0 Å². The number of ether oxygens (including phenoxy) is 2. The summed E-state index contributed by atoms with van der Waals surface area (Å²) in [4.78, 5) is 13.0. The summed E-state index contributed by atoms with van der Waals surface area (Å²) in [6, 6.07) is 9.37. The minimum Gasteiger partial charge on any atom is -0.497 e. The number of hydrogen-bond donors (Lipinski definition) is 0. The molecule has 0 saturated heterocycles. The third kappa shape index (κ3) is 3.16. The highest BCUT2D eigenvalue weighted by Crippen LogP contribution is 2.38. The number of carbonyl (C=O) groups excluding carboxylic acids is 1.